The third kappa shape index (κ3) is 4.47. The van der Waals surface area contributed by atoms with Crippen molar-refractivity contribution in [1.82, 2.24) is 4.90 Å². The Hall–Kier alpha value is -1.39. The highest BCUT2D eigenvalue weighted by Gasteiger charge is 2.40. The molecule has 1 aliphatic heterocycles. The van der Waals surface area contributed by atoms with Crippen LogP contribution in [0.5, 0.6) is 0 Å². The van der Waals surface area contributed by atoms with Crippen molar-refractivity contribution >= 4 is 5.91 Å². The van der Waals surface area contributed by atoms with E-state index in [1.165, 1.54) is 18.4 Å². The summed E-state index contributed by atoms with van der Waals surface area (Å²) in [5.74, 6) is 1.22. The van der Waals surface area contributed by atoms with Gasteiger partial charge in [0, 0.05) is 25.6 Å². The molecule has 0 aromatic heterocycles. The summed E-state index contributed by atoms with van der Waals surface area (Å²) in [6, 6.07) is 10.5. The van der Waals surface area contributed by atoms with Crippen LogP contribution in [-0.4, -0.2) is 47.3 Å². The van der Waals surface area contributed by atoms with Crippen LogP contribution in [0.4, 0.5) is 0 Å². The minimum atomic E-state index is -0.731. The van der Waals surface area contributed by atoms with E-state index >= 15 is 0 Å². The topological polar surface area (TPSA) is 49.8 Å². The number of nitrogens with zero attached hydrogens (tertiary/aromatic N) is 1. The van der Waals surface area contributed by atoms with E-state index in [-0.39, 0.29) is 12.0 Å². The summed E-state index contributed by atoms with van der Waals surface area (Å²) in [5, 5.41) is 10.3. The number of likely N-dealkylation sites (tertiary alicyclic amines) is 1. The van der Waals surface area contributed by atoms with E-state index < -0.39 is 5.60 Å². The van der Waals surface area contributed by atoms with Gasteiger partial charge in [-0.05, 0) is 56.4 Å². The van der Waals surface area contributed by atoms with Gasteiger partial charge in [0.1, 0.15) is 0 Å². The highest BCUT2D eigenvalue weighted by molar-refractivity contribution is 5.77. The molecule has 3 fully saturated rings. The molecule has 4 nitrogen and oxygen atoms in total. The molecule has 2 atom stereocenters. The van der Waals surface area contributed by atoms with Crippen molar-refractivity contribution in [2.24, 2.45) is 11.8 Å². The molecular weight excluding hydrogens is 326 g/mol. The summed E-state index contributed by atoms with van der Waals surface area (Å²) < 4.78 is 6.27. The molecule has 142 valence electrons. The smallest absolute Gasteiger partial charge is 0.225 e. The zero-order valence-corrected chi connectivity index (χ0v) is 15.6. The predicted molar refractivity (Wildman–Crippen MR) is 101 cm³/mol. The van der Waals surface area contributed by atoms with Gasteiger partial charge in [-0.25, -0.2) is 0 Å². The predicted octanol–water partition coefficient (Wildman–Crippen LogP) is 3.18. The Morgan fingerprint density at radius 1 is 1.19 bits per heavy atom. The minimum absolute atomic E-state index is 0.117. The summed E-state index contributed by atoms with van der Waals surface area (Å²) in [7, 11) is 0. The Bertz CT molecular complexity index is 609. The summed E-state index contributed by atoms with van der Waals surface area (Å²) in [4.78, 5) is 14.7. The summed E-state index contributed by atoms with van der Waals surface area (Å²) >= 11 is 0. The molecule has 1 aromatic carbocycles. The molecule has 4 heteroatoms. The highest BCUT2D eigenvalue weighted by Crippen LogP contribution is 2.36. The Morgan fingerprint density at radius 3 is 2.62 bits per heavy atom. The second kappa shape index (κ2) is 7.69. The number of aliphatic hydroxyl groups is 1. The lowest BCUT2D eigenvalue weighted by Gasteiger charge is -2.42. The highest BCUT2D eigenvalue weighted by atomic mass is 16.5. The molecule has 3 aliphatic rings. The molecule has 1 saturated heterocycles. The van der Waals surface area contributed by atoms with Gasteiger partial charge in [-0.3, -0.25) is 4.79 Å². The molecule has 0 bridgehead atoms. The van der Waals surface area contributed by atoms with Crippen molar-refractivity contribution in [3.8, 4) is 0 Å². The van der Waals surface area contributed by atoms with Crippen LogP contribution in [-0.2, 0) is 16.0 Å². The zero-order chi connectivity index (χ0) is 18.0. The number of carbonyl (C=O) groups excluding carboxylic acids is 1. The standard InChI is InChI=1S/C22H31NO3/c24-21(14-22(25)10-4-11-22)23-12-9-20(26-16-18-7-8-18)19(15-23)13-17-5-2-1-3-6-17/h1-3,5-6,18-20,25H,4,7-16H2/t19-,20-/m1/s1. The van der Waals surface area contributed by atoms with Gasteiger partial charge < -0.3 is 14.7 Å². The Labute approximate surface area is 156 Å². The van der Waals surface area contributed by atoms with Gasteiger partial charge in [-0.1, -0.05) is 30.3 Å². The van der Waals surface area contributed by atoms with Gasteiger partial charge in [0.25, 0.3) is 0 Å². The molecule has 0 radical (unpaired) electrons. The van der Waals surface area contributed by atoms with Crippen molar-refractivity contribution in [3.05, 3.63) is 35.9 Å². The molecule has 1 heterocycles. The monoisotopic (exact) mass is 357 g/mol. The van der Waals surface area contributed by atoms with Crippen molar-refractivity contribution in [2.75, 3.05) is 19.7 Å². The molecule has 1 N–H and O–H groups in total. The maximum atomic E-state index is 12.7. The second-order valence-corrected chi connectivity index (χ2v) is 8.65. The first-order chi connectivity index (χ1) is 12.6. The van der Waals surface area contributed by atoms with Gasteiger partial charge >= 0.3 is 0 Å². The van der Waals surface area contributed by atoms with Crippen LogP contribution in [0, 0.1) is 11.8 Å². The van der Waals surface area contributed by atoms with Gasteiger partial charge in [0.05, 0.1) is 18.1 Å². The number of hydrogen-bond donors (Lipinski definition) is 1. The molecule has 4 rings (SSSR count). The maximum absolute atomic E-state index is 12.7. The minimum Gasteiger partial charge on any atom is -0.389 e. The molecule has 2 aliphatic carbocycles. The van der Waals surface area contributed by atoms with Crippen LogP contribution in [0.25, 0.3) is 0 Å². The first-order valence-electron chi connectivity index (χ1n) is 10.3. The molecule has 26 heavy (non-hydrogen) atoms. The van der Waals surface area contributed by atoms with E-state index in [1.54, 1.807) is 0 Å². The lowest BCUT2D eigenvalue weighted by molar-refractivity contribution is -0.145. The fourth-order valence-corrected chi connectivity index (χ4v) is 4.27. The molecule has 0 spiro atoms. The van der Waals surface area contributed by atoms with Crippen LogP contribution in [0.3, 0.4) is 0 Å². The Morgan fingerprint density at radius 2 is 1.96 bits per heavy atom. The number of amides is 1. The maximum Gasteiger partial charge on any atom is 0.225 e. The average Bonchev–Trinajstić information content (AvgIpc) is 3.44. The fraction of sp³-hybridized carbons (Fsp3) is 0.682. The van der Waals surface area contributed by atoms with Crippen LogP contribution in [0.2, 0.25) is 0 Å². The Kier molecular flexibility index (Phi) is 5.32. The second-order valence-electron chi connectivity index (χ2n) is 8.65. The first-order valence-corrected chi connectivity index (χ1v) is 10.3. The molecule has 2 saturated carbocycles. The zero-order valence-electron chi connectivity index (χ0n) is 15.6. The van der Waals surface area contributed by atoms with Crippen molar-refractivity contribution in [3.63, 3.8) is 0 Å². The van der Waals surface area contributed by atoms with Crippen LogP contribution in [0.1, 0.15) is 50.5 Å². The van der Waals surface area contributed by atoms with Crippen molar-refractivity contribution in [2.45, 2.75) is 63.1 Å². The summed E-state index contributed by atoms with van der Waals surface area (Å²) in [6.07, 6.45) is 7.58. The van der Waals surface area contributed by atoms with Gasteiger partial charge in [-0.2, -0.15) is 0 Å². The first kappa shape index (κ1) is 18.0. The van der Waals surface area contributed by atoms with E-state index in [2.05, 4.69) is 24.3 Å². The van der Waals surface area contributed by atoms with Gasteiger partial charge in [0.15, 0.2) is 0 Å². The fourth-order valence-electron chi connectivity index (χ4n) is 4.27. The average molecular weight is 357 g/mol. The van der Waals surface area contributed by atoms with Gasteiger partial charge in [0.2, 0.25) is 5.91 Å². The van der Waals surface area contributed by atoms with Gasteiger partial charge in [-0.15, -0.1) is 0 Å². The molecule has 0 unspecified atom stereocenters. The lowest BCUT2D eigenvalue weighted by Crippen LogP contribution is -2.50. The molecular formula is C22H31NO3. The van der Waals surface area contributed by atoms with E-state index in [0.29, 0.717) is 12.3 Å². The number of piperidine rings is 1. The van der Waals surface area contributed by atoms with Crippen LogP contribution >= 0.6 is 0 Å². The van der Waals surface area contributed by atoms with E-state index in [9.17, 15) is 9.90 Å². The normalized spacial score (nSPS) is 27.8. The molecule has 1 aromatic rings. The van der Waals surface area contributed by atoms with Crippen LogP contribution in [0.15, 0.2) is 30.3 Å². The quantitative estimate of drug-likeness (QED) is 0.815. The van der Waals surface area contributed by atoms with Crippen LogP contribution < -0.4 is 0 Å². The lowest BCUT2D eigenvalue weighted by atomic mass is 9.77. The number of hydrogen-bond acceptors (Lipinski definition) is 3. The largest absolute Gasteiger partial charge is 0.389 e. The van der Waals surface area contributed by atoms with Crippen molar-refractivity contribution in [1.29, 1.82) is 0 Å². The third-order valence-electron chi connectivity index (χ3n) is 6.37. The SMILES string of the molecule is O=C(CC1(O)CCC1)N1CC[C@@H](OCC2CC2)[C@H](Cc2ccccc2)C1. The summed E-state index contributed by atoms with van der Waals surface area (Å²) in [5.41, 5.74) is 0.579. The number of rotatable bonds is 7. The number of benzene rings is 1. The number of ether oxygens (including phenoxy) is 1. The van der Waals surface area contributed by atoms with Crippen molar-refractivity contribution < 1.29 is 14.6 Å². The number of carbonyl (C=O) groups is 1. The van der Waals surface area contributed by atoms with E-state index in [1.807, 2.05) is 11.0 Å². The van der Waals surface area contributed by atoms with E-state index in [0.717, 1.165) is 57.7 Å². The summed E-state index contributed by atoms with van der Waals surface area (Å²) in [6.45, 7) is 2.39. The third-order valence-corrected chi connectivity index (χ3v) is 6.37. The van der Waals surface area contributed by atoms with E-state index in [4.69, 9.17) is 4.74 Å². The molecule has 1 amide bonds. The Balaban J connectivity index is 1.38.